The standard InChI is InChI=1S/C15H32N2O5.C2H6/c1-14(2)15(18)17-5-7-20-9-11-22-13-12-21-10-8-19-6-4-16-3;1-2/h14,16H,4-13H2,1-3H3,(H,17,18);1-2H3. The fourth-order valence-corrected chi connectivity index (χ4v) is 1.39. The summed E-state index contributed by atoms with van der Waals surface area (Å²) in [6, 6.07) is 0. The van der Waals surface area contributed by atoms with Crippen LogP contribution < -0.4 is 10.6 Å². The van der Waals surface area contributed by atoms with E-state index in [9.17, 15) is 4.79 Å². The Labute approximate surface area is 147 Å². The summed E-state index contributed by atoms with van der Waals surface area (Å²) < 4.78 is 21.4. The van der Waals surface area contributed by atoms with E-state index in [0.717, 1.165) is 6.54 Å². The van der Waals surface area contributed by atoms with Gasteiger partial charge in [0.25, 0.3) is 0 Å². The van der Waals surface area contributed by atoms with Crippen LogP contribution in [-0.2, 0) is 23.7 Å². The van der Waals surface area contributed by atoms with Crippen LogP contribution in [-0.4, -0.2) is 78.9 Å². The topological polar surface area (TPSA) is 78.1 Å². The molecule has 7 heteroatoms. The van der Waals surface area contributed by atoms with Crippen molar-refractivity contribution < 1.29 is 23.7 Å². The Morgan fingerprint density at radius 3 is 1.50 bits per heavy atom. The van der Waals surface area contributed by atoms with Gasteiger partial charge >= 0.3 is 0 Å². The molecule has 0 aromatic carbocycles. The lowest BCUT2D eigenvalue weighted by atomic mass is 10.2. The zero-order chi connectivity index (χ0) is 18.5. The summed E-state index contributed by atoms with van der Waals surface area (Å²) in [6.07, 6.45) is 0. The summed E-state index contributed by atoms with van der Waals surface area (Å²) in [5, 5.41) is 5.79. The number of carbonyl (C=O) groups is 1. The average Bonchev–Trinajstić information content (AvgIpc) is 2.59. The van der Waals surface area contributed by atoms with Gasteiger partial charge in [-0.1, -0.05) is 27.7 Å². The van der Waals surface area contributed by atoms with Crippen molar-refractivity contribution in [1.29, 1.82) is 0 Å². The first kappa shape index (κ1) is 25.5. The molecule has 0 aliphatic heterocycles. The van der Waals surface area contributed by atoms with Crippen molar-refractivity contribution in [2.45, 2.75) is 27.7 Å². The van der Waals surface area contributed by atoms with Crippen LogP contribution in [0.3, 0.4) is 0 Å². The number of rotatable bonds is 16. The van der Waals surface area contributed by atoms with E-state index in [0.29, 0.717) is 59.4 Å². The van der Waals surface area contributed by atoms with Crippen molar-refractivity contribution in [3.63, 3.8) is 0 Å². The highest BCUT2D eigenvalue weighted by molar-refractivity contribution is 5.77. The molecule has 0 heterocycles. The summed E-state index contributed by atoms with van der Waals surface area (Å²) in [5.41, 5.74) is 0. The van der Waals surface area contributed by atoms with Crippen LogP contribution in [0, 0.1) is 5.92 Å². The van der Waals surface area contributed by atoms with Gasteiger partial charge in [0, 0.05) is 19.0 Å². The van der Waals surface area contributed by atoms with E-state index in [1.807, 2.05) is 34.7 Å². The number of likely N-dealkylation sites (N-methyl/N-ethyl adjacent to an activating group) is 1. The predicted octanol–water partition coefficient (Wildman–Crippen LogP) is 1.07. The zero-order valence-corrected chi connectivity index (χ0v) is 16.2. The van der Waals surface area contributed by atoms with Gasteiger partial charge in [-0.2, -0.15) is 0 Å². The first-order chi connectivity index (χ1) is 11.7. The van der Waals surface area contributed by atoms with Crippen LogP contribution in [0.25, 0.3) is 0 Å². The minimum atomic E-state index is 0.0112. The molecule has 0 saturated heterocycles. The van der Waals surface area contributed by atoms with Crippen molar-refractivity contribution >= 4 is 5.91 Å². The Morgan fingerprint density at radius 2 is 1.12 bits per heavy atom. The summed E-state index contributed by atoms with van der Waals surface area (Å²) in [6.45, 7) is 13.6. The van der Waals surface area contributed by atoms with Crippen LogP contribution in [0.5, 0.6) is 0 Å². The third-order valence-electron chi connectivity index (χ3n) is 2.68. The van der Waals surface area contributed by atoms with E-state index < -0.39 is 0 Å². The second-order valence-electron chi connectivity index (χ2n) is 5.00. The molecule has 24 heavy (non-hydrogen) atoms. The maximum atomic E-state index is 11.3. The fourth-order valence-electron chi connectivity index (χ4n) is 1.39. The van der Waals surface area contributed by atoms with Crippen LogP contribution in [0.1, 0.15) is 27.7 Å². The van der Waals surface area contributed by atoms with Gasteiger partial charge in [-0.15, -0.1) is 0 Å². The van der Waals surface area contributed by atoms with Gasteiger partial charge < -0.3 is 29.6 Å². The highest BCUT2D eigenvalue weighted by Gasteiger charge is 2.04. The quantitative estimate of drug-likeness (QED) is 0.406. The Hall–Kier alpha value is -0.730. The minimum Gasteiger partial charge on any atom is -0.378 e. The molecule has 2 N–H and O–H groups in total. The Balaban J connectivity index is 0. The molecule has 0 aromatic rings. The van der Waals surface area contributed by atoms with Gasteiger partial charge in [-0.25, -0.2) is 0 Å². The van der Waals surface area contributed by atoms with E-state index in [1.165, 1.54) is 0 Å². The van der Waals surface area contributed by atoms with E-state index in [1.54, 1.807) is 0 Å². The Bertz CT molecular complexity index is 253. The van der Waals surface area contributed by atoms with E-state index in [2.05, 4.69) is 10.6 Å². The van der Waals surface area contributed by atoms with Gasteiger partial charge in [0.15, 0.2) is 0 Å². The highest BCUT2D eigenvalue weighted by atomic mass is 16.6. The molecule has 0 aliphatic carbocycles. The molecule has 7 nitrogen and oxygen atoms in total. The molecule has 0 rings (SSSR count). The zero-order valence-electron chi connectivity index (χ0n) is 16.2. The van der Waals surface area contributed by atoms with Gasteiger partial charge in [0.2, 0.25) is 5.91 Å². The molecule has 0 radical (unpaired) electrons. The maximum absolute atomic E-state index is 11.3. The van der Waals surface area contributed by atoms with Crippen molar-refractivity contribution in [1.82, 2.24) is 10.6 Å². The van der Waals surface area contributed by atoms with Crippen molar-refractivity contribution in [3.05, 3.63) is 0 Å². The molecule has 0 aliphatic rings. The maximum Gasteiger partial charge on any atom is 0.222 e. The Kier molecular flexibility index (Phi) is 23.7. The second-order valence-corrected chi connectivity index (χ2v) is 5.00. The van der Waals surface area contributed by atoms with E-state index in [4.69, 9.17) is 18.9 Å². The third-order valence-corrected chi connectivity index (χ3v) is 2.68. The number of hydrogen-bond donors (Lipinski definition) is 2. The second kappa shape index (κ2) is 22.3. The molecule has 146 valence electrons. The van der Waals surface area contributed by atoms with Crippen molar-refractivity contribution in [2.75, 3.05) is 73.0 Å². The highest BCUT2D eigenvalue weighted by Crippen LogP contribution is 1.89. The molecule has 0 bridgehead atoms. The first-order valence-electron chi connectivity index (χ1n) is 8.91. The molecule has 0 atom stereocenters. The molecule has 0 unspecified atom stereocenters. The summed E-state index contributed by atoms with van der Waals surface area (Å²) in [4.78, 5) is 11.3. The van der Waals surface area contributed by atoms with Crippen molar-refractivity contribution in [3.8, 4) is 0 Å². The molecule has 0 spiro atoms. The largest absolute Gasteiger partial charge is 0.378 e. The number of ether oxygens (including phenoxy) is 4. The molecular weight excluding hydrogens is 312 g/mol. The summed E-state index contributed by atoms with van der Waals surface area (Å²) in [7, 11) is 1.89. The Morgan fingerprint density at radius 1 is 0.750 bits per heavy atom. The lowest BCUT2D eigenvalue weighted by Gasteiger charge is -2.09. The smallest absolute Gasteiger partial charge is 0.222 e. The minimum absolute atomic E-state index is 0.0112. The normalized spacial score (nSPS) is 10.4. The first-order valence-corrected chi connectivity index (χ1v) is 8.91. The fraction of sp³-hybridized carbons (Fsp3) is 0.941. The summed E-state index contributed by atoms with van der Waals surface area (Å²) in [5.74, 6) is 0.0592. The van der Waals surface area contributed by atoms with Crippen molar-refractivity contribution in [2.24, 2.45) is 5.92 Å². The number of carbonyl (C=O) groups excluding carboxylic acids is 1. The molecule has 1 amide bonds. The monoisotopic (exact) mass is 350 g/mol. The SMILES string of the molecule is CC.CNCCOCCOCCOCCOCCNC(=O)C(C)C. The predicted molar refractivity (Wildman–Crippen MR) is 96.4 cm³/mol. The third kappa shape index (κ3) is 21.3. The van der Waals surface area contributed by atoms with Crippen LogP contribution in [0.4, 0.5) is 0 Å². The molecule has 0 saturated carbocycles. The number of nitrogens with one attached hydrogen (secondary N) is 2. The van der Waals surface area contributed by atoms with E-state index >= 15 is 0 Å². The lowest BCUT2D eigenvalue weighted by Crippen LogP contribution is -2.31. The molecule has 0 aromatic heterocycles. The lowest BCUT2D eigenvalue weighted by molar-refractivity contribution is -0.124. The number of hydrogen-bond acceptors (Lipinski definition) is 6. The van der Waals surface area contributed by atoms with Gasteiger partial charge in [-0.3, -0.25) is 4.79 Å². The number of amides is 1. The molecular formula is C17H38N2O5. The van der Waals surface area contributed by atoms with Gasteiger partial charge in [0.1, 0.15) is 0 Å². The van der Waals surface area contributed by atoms with Crippen LogP contribution >= 0.6 is 0 Å². The van der Waals surface area contributed by atoms with Gasteiger partial charge in [-0.05, 0) is 7.05 Å². The van der Waals surface area contributed by atoms with E-state index in [-0.39, 0.29) is 11.8 Å². The summed E-state index contributed by atoms with van der Waals surface area (Å²) >= 11 is 0. The van der Waals surface area contributed by atoms with Crippen LogP contribution in [0.15, 0.2) is 0 Å². The molecule has 0 fully saturated rings. The van der Waals surface area contributed by atoms with Crippen LogP contribution in [0.2, 0.25) is 0 Å². The van der Waals surface area contributed by atoms with Gasteiger partial charge in [0.05, 0.1) is 52.9 Å². The average molecular weight is 351 g/mol.